The summed E-state index contributed by atoms with van der Waals surface area (Å²) in [7, 11) is 0. The number of carbonyl (C=O) groups excluding carboxylic acids is 1. The lowest BCUT2D eigenvalue weighted by molar-refractivity contribution is 0.0378. The number of carbonyl (C=O) groups is 1. The van der Waals surface area contributed by atoms with Crippen LogP contribution in [0.15, 0.2) is 47.3 Å². The van der Waals surface area contributed by atoms with Gasteiger partial charge in [-0.25, -0.2) is 4.79 Å². The summed E-state index contributed by atoms with van der Waals surface area (Å²) in [5.74, 6) is -0.388. The molecule has 0 atom stereocenters. The smallest absolute Gasteiger partial charge is 0.338 e. The Hall–Kier alpha value is -2.62. The fraction of sp³-hybridized carbons (Fsp3) is 0.176. The molecule has 0 saturated carbocycles. The van der Waals surface area contributed by atoms with Crippen LogP contribution < -0.4 is 5.43 Å². The molecule has 3 aromatic rings. The minimum absolute atomic E-state index is 0.0388. The number of aromatic amines is 1. The molecule has 0 bridgehead atoms. The monoisotopic (exact) mass is 281 g/mol. The molecule has 4 heteroatoms. The third-order valence-electron chi connectivity index (χ3n) is 3.28. The molecule has 0 amide bonds. The normalized spacial score (nSPS) is 11.2. The van der Waals surface area contributed by atoms with Gasteiger partial charge in [-0.05, 0) is 44.2 Å². The van der Waals surface area contributed by atoms with Gasteiger partial charge in [0.1, 0.15) is 0 Å². The maximum absolute atomic E-state index is 12.4. The summed E-state index contributed by atoms with van der Waals surface area (Å²) in [6.45, 7) is 3.60. The zero-order valence-corrected chi connectivity index (χ0v) is 11.8. The average Bonchev–Trinajstić information content (AvgIpc) is 2.46. The molecule has 4 nitrogen and oxygen atoms in total. The van der Waals surface area contributed by atoms with Crippen molar-refractivity contribution in [2.75, 3.05) is 0 Å². The van der Waals surface area contributed by atoms with E-state index in [1.807, 2.05) is 18.2 Å². The van der Waals surface area contributed by atoms with Gasteiger partial charge in [-0.2, -0.15) is 0 Å². The first kappa shape index (κ1) is 13.4. The van der Waals surface area contributed by atoms with Gasteiger partial charge >= 0.3 is 5.97 Å². The van der Waals surface area contributed by atoms with E-state index in [2.05, 4.69) is 4.98 Å². The Bertz CT molecular complexity index is 893. The second kappa shape index (κ2) is 5.05. The fourth-order valence-electron chi connectivity index (χ4n) is 2.34. The summed E-state index contributed by atoms with van der Waals surface area (Å²) < 4.78 is 5.17. The highest BCUT2D eigenvalue weighted by molar-refractivity contribution is 5.97. The standard InChI is InChI=1S/C17H15NO3/c1-10(2)21-17(20)11-7-8-13-15(9-11)18-14-6-4-3-5-12(14)16(13)19/h3-10H,1-2H3,(H,18,19). The number of esters is 1. The number of H-pyrrole nitrogens is 1. The van der Waals surface area contributed by atoms with Crippen molar-refractivity contribution in [1.29, 1.82) is 0 Å². The van der Waals surface area contributed by atoms with Crippen LogP contribution in [0.4, 0.5) is 0 Å². The minimum Gasteiger partial charge on any atom is -0.459 e. The maximum atomic E-state index is 12.4. The summed E-state index contributed by atoms with van der Waals surface area (Å²) in [4.78, 5) is 27.5. The van der Waals surface area contributed by atoms with Gasteiger partial charge in [-0.15, -0.1) is 0 Å². The number of aromatic nitrogens is 1. The molecule has 0 aliphatic carbocycles. The van der Waals surface area contributed by atoms with Gasteiger partial charge in [-0.1, -0.05) is 12.1 Å². The van der Waals surface area contributed by atoms with Crippen molar-refractivity contribution in [1.82, 2.24) is 4.98 Å². The molecule has 1 N–H and O–H groups in total. The number of hydrogen-bond donors (Lipinski definition) is 1. The number of ether oxygens (including phenoxy) is 1. The Morgan fingerprint density at radius 1 is 1.05 bits per heavy atom. The van der Waals surface area contributed by atoms with E-state index in [0.717, 1.165) is 5.52 Å². The maximum Gasteiger partial charge on any atom is 0.338 e. The van der Waals surface area contributed by atoms with Crippen LogP contribution in [-0.4, -0.2) is 17.1 Å². The van der Waals surface area contributed by atoms with E-state index in [-0.39, 0.29) is 17.5 Å². The highest BCUT2D eigenvalue weighted by atomic mass is 16.5. The van der Waals surface area contributed by atoms with Crippen molar-refractivity contribution < 1.29 is 9.53 Å². The topological polar surface area (TPSA) is 59.2 Å². The number of pyridine rings is 1. The summed E-state index contributed by atoms with van der Waals surface area (Å²) in [5, 5.41) is 1.21. The third kappa shape index (κ3) is 2.40. The zero-order valence-electron chi connectivity index (χ0n) is 11.8. The third-order valence-corrected chi connectivity index (χ3v) is 3.28. The van der Waals surface area contributed by atoms with Crippen molar-refractivity contribution in [2.24, 2.45) is 0 Å². The Balaban J connectivity index is 2.20. The van der Waals surface area contributed by atoms with Crippen LogP contribution in [0.2, 0.25) is 0 Å². The van der Waals surface area contributed by atoms with E-state index in [1.165, 1.54) is 0 Å². The van der Waals surface area contributed by atoms with Crippen molar-refractivity contribution >= 4 is 27.8 Å². The average molecular weight is 281 g/mol. The van der Waals surface area contributed by atoms with Crippen molar-refractivity contribution in [3.8, 4) is 0 Å². The number of fused-ring (bicyclic) bond motifs is 2. The first-order valence-corrected chi connectivity index (χ1v) is 6.82. The molecule has 0 spiro atoms. The van der Waals surface area contributed by atoms with Crippen molar-refractivity contribution in [3.05, 3.63) is 58.3 Å². The van der Waals surface area contributed by atoms with Gasteiger partial charge in [0.05, 0.1) is 17.2 Å². The number of rotatable bonds is 2. The SMILES string of the molecule is CC(C)OC(=O)c1ccc2c(=O)c3ccccc3[nH]c2c1. The first-order chi connectivity index (χ1) is 10.1. The fourth-order valence-corrected chi connectivity index (χ4v) is 2.34. The van der Waals surface area contributed by atoms with E-state index in [1.54, 1.807) is 38.1 Å². The van der Waals surface area contributed by atoms with Crippen molar-refractivity contribution in [3.63, 3.8) is 0 Å². The van der Waals surface area contributed by atoms with Crippen LogP contribution in [0.25, 0.3) is 21.8 Å². The van der Waals surface area contributed by atoms with Gasteiger partial charge in [0, 0.05) is 16.3 Å². The molecule has 1 heterocycles. The molecule has 0 unspecified atom stereocenters. The summed E-state index contributed by atoms with van der Waals surface area (Å²) in [6.07, 6.45) is -0.177. The highest BCUT2D eigenvalue weighted by Gasteiger charge is 2.12. The Kier molecular flexibility index (Phi) is 3.22. The van der Waals surface area contributed by atoms with E-state index in [4.69, 9.17) is 4.74 Å². The zero-order chi connectivity index (χ0) is 15.0. The second-order valence-corrected chi connectivity index (χ2v) is 5.21. The molecule has 3 rings (SSSR count). The molecular formula is C17H15NO3. The molecule has 0 radical (unpaired) electrons. The molecule has 0 aliphatic rings. The molecule has 106 valence electrons. The molecule has 0 saturated heterocycles. The molecule has 0 aliphatic heterocycles. The predicted molar refractivity (Wildman–Crippen MR) is 82.6 cm³/mol. The van der Waals surface area contributed by atoms with Gasteiger partial charge in [0.15, 0.2) is 5.43 Å². The van der Waals surface area contributed by atoms with Crippen LogP contribution in [-0.2, 0) is 4.74 Å². The van der Waals surface area contributed by atoms with E-state index in [0.29, 0.717) is 21.9 Å². The Morgan fingerprint density at radius 3 is 2.52 bits per heavy atom. The largest absolute Gasteiger partial charge is 0.459 e. The molecule has 21 heavy (non-hydrogen) atoms. The number of benzene rings is 2. The molecule has 0 fully saturated rings. The van der Waals surface area contributed by atoms with Crippen LogP contribution in [0.1, 0.15) is 24.2 Å². The van der Waals surface area contributed by atoms with Crippen molar-refractivity contribution in [2.45, 2.75) is 20.0 Å². The van der Waals surface area contributed by atoms with Crippen LogP contribution in [0.3, 0.4) is 0 Å². The van der Waals surface area contributed by atoms with E-state index < -0.39 is 0 Å². The second-order valence-electron chi connectivity index (χ2n) is 5.21. The number of para-hydroxylation sites is 1. The van der Waals surface area contributed by atoms with Crippen LogP contribution in [0.5, 0.6) is 0 Å². The lowest BCUT2D eigenvalue weighted by atomic mass is 10.1. The lowest BCUT2D eigenvalue weighted by Crippen LogP contribution is -2.12. The van der Waals surface area contributed by atoms with Gasteiger partial charge in [-0.3, -0.25) is 4.79 Å². The molecular weight excluding hydrogens is 266 g/mol. The molecule has 1 aromatic heterocycles. The quantitative estimate of drug-likeness (QED) is 0.579. The summed E-state index contributed by atoms with van der Waals surface area (Å²) in [5.41, 5.74) is 1.78. The predicted octanol–water partition coefficient (Wildman–Crippen LogP) is 3.25. The van der Waals surface area contributed by atoms with Crippen LogP contribution >= 0.6 is 0 Å². The first-order valence-electron chi connectivity index (χ1n) is 6.82. The molecule has 2 aromatic carbocycles. The van der Waals surface area contributed by atoms with Gasteiger partial charge in [0.2, 0.25) is 0 Å². The van der Waals surface area contributed by atoms with Gasteiger partial charge < -0.3 is 9.72 Å². The van der Waals surface area contributed by atoms with Gasteiger partial charge in [0.25, 0.3) is 0 Å². The Morgan fingerprint density at radius 2 is 1.76 bits per heavy atom. The minimum atomic E-state index is -0.388. The van der Waals surface area contributed by atoms with E-state index >= 15 is 0 Å². The number of nitrogens with one attached hydrogen (secondary N) is 1. The Labute approximate surface area is 121 Å². The summed E-state index contributed by atoms with van der Waals surface area (Å²) in [6, 6.07) is 12.3. The van der Waals surface area contributed by atoms with E-state index in [9.17, 15) is 9.59 Å². The lowest BCUT2D eigenvalue weighted by Gasteiger charge is -2.09. The van der Waals surface area contributed by atoms with Crippen LogP contribution in [0, 0.1) is 0 Å². The highest BCUT2D eigenvalue weighted by Crippen LogP contribution is 2.16. The number of hydrogen-bond acceptors (Lipinski definition) is 3. The summed E-state index contributed by atoms with van der Waals surface area (Å²) >= 11 is 0.